The average Bonchev–Trinajstić information content (AvgIpc) is 3.44. The van der Waals surface area contributed by atoms with Crippen LogP contribution in [0.5, 0.6) is 0 Å². The summed E-state index contributed by atoms with van der Waals surface area (Å²) in [6.07, 6.45) is 4.08. The minimum atomic E-state index is -0.112. The fourth-order valence-corrected chi connectivity index (χ4v) is 3.43. The van der Waals surface area contributed by atoms with E-state index >= 15 is 0 Å². The number of carbonyl (C=O) groups is 1. The van der Waals surface area contributed by atoms with Crippen LogP contribution in [0.4, 0.5) is 0 Å². The lowest BCUT2D eigenvalue weighted by atomic mass is 10.1. The van der Waals surface area contributed by atoms with E-state index in [4.69, 9.17) is 4.42 Å². The van der Waals surface area contributed by atoms with Crippen molar-refractivity contribution in [3.8, 4) is 0 Å². The Morgan fingerprint density at radius 2 is 1.86 bits per heavy atom. The Morgan fingerprint density at radius 3 is 2.52 bits per heavy atom. The van der Waals surface area contributed by atoms with Gasteiger partial charge in [0.05, 0.1) is 25.4 Å². The molecule has 1 aromatic heterocycles. The first-order chi connectivity index (χ1) is 13.8. The molecule has 1 amide bonds. The van der Waals surface area contributed by atoms with E-state index in [9.17, 15) is 4.79 Å². The van der Waals surface area contributed by atoms with Crippen molar-refractivity contribution in [2.75, 3.05) is 33.2 Å². The summed E-state index contributed by atoms with van der Waals surface area (Å²) in [7, 11) is 1.71. The number of aliphatic imine (C=N–C) groups is 1. The number of rotatable bonds is 8. The zero-order chi connectivity index (χ0) is 19.6. The predicted octanol–water partition coefficient (Wildman–Crippen LogP) is 2.52. The first-order valence-corrected chi connectivity index (χ1v) is 9.79. The molecule has 0 spiro atoms. The second-order valence-corrected chi connectivity index (χ2v) is 6.83. The molecule has 7 nitrogen and oxygen atoms in total. The number of guanidine groups is 1. The van der Waals surface area contributed by atoms with E-state index in [1.807, 2.05) is 12.1 Å². The van der Waals surface area contributed by atoms with Crippen molar-refractivity contribution >= 4 is 35.8 Å². The van der Waals surface area contributed by atoms with Crippen LogP contribution in [0.25, 0.3) is 0 Å². The number of carbonyl (C=O) groups excluding carboxylic acids is 1. The first-order valence-electron chi connectivity index (χ1n) is 9.79. The summed E-state index contributed by atoms with van der Waals surface area (Å²) in [6, 6.07) is 14.5. The Kier molecular flexibility index (Phi) is 9.99. The van der Waals surface area contributed by atoms with Crippen LogP contribution in [0.1, 0.15) is 30.2 Å². The standard InChI is InChI=1S/C21H29N5O2.HI/c1-22-21(25-16-20(27)23-14-18-10-7-13-28-18)24-15-19(26-11-5-6-12-26)17-8-3-2-4-9-17;/h2-4,7-10,13,19H,5-6,11-12,14-16H2,1H3,(H,23,27)(H2,22,24,25);1H. The first kappa shape index (κ1) is 23.2. The molecular formula is C21H30IN5O2. The van der Waals surface area contributed by atoms with Crippen LogP contribution in [0, 0.1) is 0 Å². The summed E-state index contributed by atoms with van der Waals surface area (Å²) >= 11 is 0. The van der Waals surface area contributed by atoms with Crippen LogP contribution in [0.3, 0.4) is 0 Å². The highest BCUT2D eigenvalue weighted by Crippen LogP contribution is 2.24. The van der Waals surface area contributed by atoms with Crippen molar-refractivity contribution in [1.82, 2.24) is 20.9 Å². The quantitative estimate of drug-likeness (QED) is 0.289. The number of benzene rings is 1. The lowest BCUT2D eigenvalue weighted by molar-refractivity contribution is -0.120. The van der Waals surface area contributed by atoms with Gasteiger partial charge in [0.1, 0.15) is 5.76 Å². The summed E-state index contributed by atoms with van der Waals surface area (Å²) in [5, 5.41) is 9.26. The summed E-state index contributed by atoms with van der Waals surface area (Å²) in [5.74, 6) is 1.24. The Bertz CT molecular complexity index is 746. The second-order valence-electron chi connectivity index (χ2n) is 6.83. The molecule has 0 aliphatic carbocycles. The largest absolute Gasteiger partial charge is 0.467 e. The molecule has 8 heteroatoms. The molecule has 2 aromatic rings. The predicted molar refractivity (Wildman–Crippen MR) is 125 cm³/mol. The molecule has 1 unspecified atom stereocenters. The van der Waals surface area contributed by atoms with Gasteiger partial charge in [0.2, 0.25) is 5.91 Å². The molecule has 1 saturated heterocycles. The van der Waals surface area contributed by atoms with E-state index in [0.717, 1.165) is 25.4 Å². The van der Waals surface area contributed by atoms with E-state index in [0.29, 0.717) is 12.5 Å². The van der Waals surface area contributed by atoms with Crippen molar-refractivity contribution in [3.05, 3.63) is 60.1 Å². The van der Waals surface area contributed by atoms with Gasteiger partial charge < -0.3 is 20.4 Å². The van der Waals surface area contributed by atoms with Crippen LogP contribution < -0.4 is 16.0 Å². The monoisotopic (exact) mass is 511 g/mol. The Labute approximate surface area is 189 Å². The summed E-state index contributed by atoms with van der Waals surface area (Å²) in [6.45, 7) is 3.49. The molecule has 1 fully saturated rings. The Hall–Kier alpha value is -2.07. The summed E-state index contributed by atoms with van der Waals surface area (Å²) in [5.41, 5.74) is 1.29. The third kappa shape index (κ3) is 7.36. The average molecular weight is 511 g/mol. The van der Waals surface area contributed by atoms with Crippen molar-refractivity contribution < 1.29 is 9.21 Å². The van der Waals surface area contributed by atoms with E-state index < -0.39 is 0 Å². The summed E-state index contributed by atoms with van der Waals surface area (Å²) in [4.78, 5) is 18.8. The molecule has 1 aromatic carbocycles. The van der Waals surface area contributed by atoms with E-state index in [2.05, 4.69) is 50.1 Å². The zero-order valence-corrected chi connectivity index (χ0v) is 19.1. The number of amides is 1. The van der Waals surface area contributed by atoms with Gasteiger partial charge in [-0.1, -0.05) is 30.3 Å². The molecule has 158 valence electrons. The minimum absolute atomic E-state index is 0. The maximum atomic E-state index is 12.0. The van der Waals surface area contributed by atoms with E-state index in [1.165, 1.54) is 18.4 Å². The van der Waals surface area contributed by atoms with Gasteiger partial charge in [0, 0.05) is 13.6 Å². The van der Waals surface area contributed by atoms with E-state index in [-0.39, 0.29) is 42.5 Å². The third-order valence-electron chi connectivity index (χ3n) is 4.91. The molecule has 0 bridgehead atoms. The van der Waals surface area contributed by atoms with Gasteiger partial charge >= 0.3 is 0 Å². The number of furan rings is 1. The molecule has 0 saturated carbocycles. The topological polar surface area (TPSA) is 81.9 Å². The smallest absolute Gasteiger partial charge is 0.239 e. The SMILES string of the molecule is CN=C(NCC(=O)NCc1ccco1)NCC(c1ccccc1)N1CCCC1.I. The van der Waals surface area contributed by atoms with Gasteiger partial charge in [-0.15, -0.1) is 24.0 Å². The number of hydrogen-bond donors (Lipinski definition) is 3. The van der Waals surface area contributed by atoms with Crippen LogP contribution in [-0.2, 0) is 11.3 Å². The minimum Gasteiger partial charge on any atom is -0.467 e. The van der Waals surface area contributed by atoms with Crippen LogP contribution in [0.2, 0.25) is 0 Å². The maximum Gasteiger partial charge on any atom is 0.239 e. The molecule has 1 atom stereocenters. The molecular weight excluding hydrogens is 481 g/mol. The highest BCUT2D eigenvalue weighted by molar-refractivity contribution is 14.0. The fourth-order valence-electron chi connectivity index (χ4n) is 3.43. The highest BCUT2D eigenvalue weighted by Gasteiger charge is 2.23. The lowest BCUT2D eigenvalue weighted by Crippen LogP contribution is -2.45. The molecule has 1 aliphatic rings. The van der Waals surface area contributed by atoms with Crippen LogP contribution in [0.15, 0.2) is 58.1 Å². The third-order valence-corrected chi connectivity index (χ3v) is 4.91. The van der Waals surface area contributed by atoms with Gasteiger partial charge in [-0.25, -0.2) is 0 Å². The van der Waals surface area contributed by atoms with Crippen molar-refractivity contribution in [2.24, 2.45) is 4.99 Å². The number of nitrogens with one attached hydrogen (secondary N) is 3. The zero-order valence-electron chi connectivity index (χ0n) is 16.8. The number of nitrogens with zero attached hydrogens (tertiary/aromatic N) is 2. The number of likely N-dealkylation sites (tertiary alicyclic amines) is 1. The van der Waals surface area contributed by atoms with Gasteiger partial charge in [-0.05, 0) is 43.6 Å². The Balaban J connectivity index is 0.00000300. The van der Waals surface area contributed by atoms with Gasteiger partial charge in [0.25, 0.3) is 0 Å². The molecule has 0 radical (unpaired) electrons. The maximum absolute atomic E-state index is 12.0. The Morgan fingerprint density at radius 1 is 1.10 bits per heavy atom. The highest BCUT2D eigenvalue weighted by atomic mass is 127. The molecule has 3 rings (SSSR count). The van der Waals surface area contributed by atoms with Crippen LogP contribution >= 0.6 is 24.0 Å². The molecule has 29 heavy (non-hydrogen) atoms. The number of halogens is 1. The van der Waals surface area contributed by atoms with E-state index in [1.54, 1.807) is 19.4 Å². The van der Waals surface area contributed by atoms with Gasteiger partial charge in [0.15, 0.2) is 5.96 Å². The number of hydrogen-bond acceptors (Lipinski definition) is 4. The molecule has 3 N–H and O–H groups in total. The normalized spacial score (nSPS) is 15.4. The van der Waals surface area contributed by atoms with Gasteiger partial charge in [-0.2, -0.15) is 0 Å². The van der Waals surface area contributed by atoms with Crippen molar-refractivity contribution in [3.63, 3.8) is 0 Å². The van der Waals surface area contributed by atoms with Crippen LogP contribution in [-0.4, -0.2) is 50.0 Å². The van der Waals surface area contributed by atoms with Crippen molar-refractivity contribution in [1.29, 1.82) is 0 Å². The van der Waals surface area contributed by atoms with Gasteiger partial charge in [-0.3, -0.25) is 14.7 Å². The molecule has 2 heterocycles. The second kappa shape index (κ2) is 12.5. The summed E-state index contributed by atoms with van der Waals surface area (Å²) < 4.78 is 5.21. The molecule has 1 aliphatic heterocycles. The fraction of sp³-hybridized carbons (Fsp3) is 0.429. The van der Waals surface area contributed by atoms with Crippen molar-refractivity contribution in [2.45, 2.75) is 25.4 Å². The lowest BCUT2D eigenvalue weighted by Gasteiger charge is -2.28.